The maximum Gasteiger partial charge on any atom is 0.157 e. The Morgan fingerprint density at radius 3 is 1.48 bits per heavy atom. The minimum Gasteiger partial charge on any atom is -0.381 e. The summed E-state index contributed by atoms with van der Waals surface area (Å²) in [6, 6.07) is 0. The van der Waals surface area contributed by atoms with Gasteiger partial charge in [0.25, 0.3) is 0 Å². The van der Waals surface area contributed by atoms with Crippen LogP contribution < -0.4 is 0 Å². The summed E-state index contributed by atoms with van der Waals surface area (Å²) < 4.78 is 17.9. The third kappa shape index (κ3) is 25.9. The minimum absolute atomic E-state index is 0.0112. The van der Waals surface area contributed by atoms with Crippen LogP contribution in [0.15, 0.2) is 0 Å². The van der Waals surface area contributed by atoms with Crippen molar-refractivity contribution in [3.8, 4) is 0 Å². The SMILES string of the molecule is CCCCCCCOC(CCCCCCOCCCCOOC)OCCCCCCC. The normalized spacial score (nSPS) is 11.6. The number of ether oxygens (including phenoxy) is 3. The van der Waals surface area contributed by atoms with Crippen LogP contribution in [0.1, 0.15) is 123 Å². The molecule has 0 heterocycles. The zero-order valence-corrected chi connectivity index (χ0v) is 21.2. The van der Waals surface area contributed by atoms with Crippen molar-refractivity contribution in [1.29, 1.82) is 0 Å². The summed E-state index contributed by atoms with van der Waals surface area (Å²) in [6.45, 7) is 8.51. The van der Waals surface area contributed by atoms with E-state index < -0.39 is 0 Å². The first kappa shape index (κ1) is 30.8. The molecule has 5 heteroatoms. The lowest BCUT2D eigenvalue weighted by Crippen LogP contribution is -2.19. The van der Waals surface area contributed by atoms with E-state index in [0.29, 0.717) is 6.61 Å². The highest BCUT2D eigenvalue weighted by molar-refractivity contribution is 4.52. The molecule has 31 heavy (non-hydrogen) atoms. The van der Waals surface area contributed by atoms with Crippen molar-refractivity contribution in [3.05, 3.63) is 0 Å². The number of rotatable bonds is 27. The monoisotopic (exact) mass is 446 g/mol. The molecular formula is C26H54O5. The molecule has 0 aromatic rings. The standard InChI is InChI=1S/C26H54O5/c1-4-6-8-11-16-23-29-26(30-24-17-12-9-7-5-2)20-14-10-13-15-21-28-22-18-19-25-31-27-3/h26H,4-25H2,1-3H3. The van der Waals surface area contributed by atoms with Crippen molar-refractivity contribution in [2.75, 3.05) is 40.1 Å². The molecule has 0 amide bonds. The molecule has 5 nitrogen and oxygen atoms in total. The summed E-state index contributed by atoms with van der Waals surface area (Å²) >= 11 is 0. The summed E-state index contributed by atoms with van der Waals surface area (Å²) in [4.78, 5) is 9.41. The van der Waals surface area contributed by atoms with Crippen LogP contribution in [0.25, 0.3) is 0 Å². The lowest BCUT2D eigenvalue weighted by atomic mass is 10.1. The topological polar surface area (TPSA) is 46.2 Å². The molecule has 0 aromatic heterocycles. The van der Waals surface area contributed by atoms with E-state index in [1.54, 1.807) is 7.11 Å². The van der Waals surface area contributed by atoms with Crippen LogP contribution in [0.5, 0.6) is 0 Å². The fourth-order valence-corrected chi connectivity index (χ4v) is 3.47. The van der Waals surface area contributed by atoms with E-state index in [1.807, 2.05) is 0 Å². The van der Waals surface area contributed by atoms with Gasteiger partial charge < -0.3 is 14.2 Å². The molecular weight excluding hydrogens is 392 g/mol. The van der Waals surface area contributed by atoms with Crippen LogP contribution in [0.2, 0.25) is 0 Å². The van der Waals surface area contributed by atoms with Gasteiger partial charge >= 0.3 is 0 Å². The molecule has 0 aromatic carbocycles. The average molecular weight is 447 g/mol. The molecule has 0 fully saturated rings. The van der Waals surface area contributed by atoms with Crippen molar-refractivity contribution in [3.63, 3.8) is 0 Å². The van der Waals surface area contributed by atoms with Gasteiger partial charge in [-0.3, -0.25) is 0 Å². The highest BCUT2D eigenvalue weighted by Crippen LogP contribution is 2.13. The summed E-state index contributed by atoms with van der Waals surface area (Å²) in [7, 11) is 1.54. The van der Waals surface area contributed by atoms with Gasteiger partial charge in [-0.2, -0.15) is 0 Å². The lowest BCUT2D eigenvalue weighted by molar-refractivity contribution is -0.272. The molecule has 0 N–H and O–H groups in total. The average Bonchev–Trinajstić information content (AvgIpc) is 2.78. The number of unbranched alkanes of at least 4 members (excludes halogenated alkanes) is 12. The Labute approximate surface area is 193 Å². The second-order valence-corrected chi connectivity index (χ2v) is 8.51. The van der Waals surface area contributed by atoms with Crippen molar-refractivity contribution in [2.45, 2.75) is 129 Å². The van der Waals surface area contributed by atoms with Gasteiger partial charge in [-0.25, -0.2) is 9.78 Å². The van der Waals surface area contributed by atoms with E-state index >= 15 is 0 Å². The molecule has 0 aliphatic carbocycles. The van der Waals surface area contributed by atoms with Crippen molar-refractivity contribution >= 4 is 0 Å². The molecule has 0 rings (SSSR count). The first-order valence-electron chi connectivity index (χ1n) is 13.3. The predicted molar refractivity (Wildman–Crippen MR) is 129 cm³/mol. The lowest BCUT2D eigenvalue weighted by Gasteiger charge is -2.19. The van der Waals surface area contributed by atoms with Crippen LogP contribution in [-0.4, -0.2) is 46.4 Å². The molecule has 0 saturated heterocycles. The quantitative estimate of drug-likeness (QED) is 0.0562. The first-order chi connectivity index (χ1) is 15.3. The van der Waals surface area contributed by atoms with Crippen molar-refractivity contribution < 1.29 is 24.0 Å². The second kappa shape index (κ2) is 27.8. The van der Waals surface area contributed by atoms with Gasteiger partial charge in [-0.05, 0) is 44.9 Å². The molecule has 0 aliphatic rings. The van der Waals surface area contributed by atoms with Crippen LogP contribution in [0, 0.1) is 0 Å². The summed E-state index contributed by atoms with van der Waals surface area (Å²) in [6.07, 6.45) is 20.5. The Balaban J connectivity index is 3.71. The Morgan fingerprint density at radius 1 is 0.484 bits per heavy atom. The number of hydrogen-bond donors (Lipinski definition) is 0. The van der Waals surface area contributed by atoms with Gasteiger partial charge in [-0.1, -0.05) is 78.1 Å². The zero-order valence-electron chi connectivity index (χ0n) is 21.2. The summed E-state index contributed by atoms with van der Waals surface area (Å²) in [5, 5.41) is 0. The third-order valence-electron chi connectivity index (χ3n) is 5.47. The molecule has 0 radical (unpaired) electrons. The second-order valence-electron chi connectivity index (χ2n) is 8.51. The van der Waals surface area contributed by atoms with Crippen LogP contribution in [0.3, 0.4) is 0 Å². The van der Waals surface area contributed by atoms with Crippen LogP contribution >= 0.6 is 0 Å². The van der Waals surface area contributed by atoms with Gasteiger partial charge in [0.05, 0.1) is 13.7 Å². The van der Waals surface area contributed by atoms with Gasteiger partial charge in [0.15, 0.2) is 6.29 Å². The Kier molecular flexibility index (Phi) is 27.7. The maximum absolute atomic E-state index is 6.08. The smallest absolute Gasteiger partial charge is 0.157 e. The maximum atomic E-state index is 6.08. The van der Waals surface area contributed by atoms with Gasteiger partial charge in [-0.15, -0.1) is 0 Å². The van der Waals surface area contributed by atoms with Crippen LogP contribution in [-0.2, 0) is 24.0 Å². The van der Waals surface area contributed by atoms with E-state index in [4.69, 9.17) is 19.1 Å². The Morgan fingerprint density at radius 2 is 0.935 bits per heavy atom. The molecule has 0 atom stereocenters. The molecule has 0 bridgehead atoms. The van der Waals surface area contributed by atoms with E-state index in [0.717, 1.165) is 65.0 Å². The van der Waals surface area contributed by atoms with E-state index in [9.17, 15) is 0 Å². The van der Waals surface area contributed by atoms with E-state index in [1.165, 1.54) is 70.6 Å². The fraction of sp³-hybridized carbons (Fsp3) is 1.00. The van der Waals surface area contributed by atoms with Crippen molar-refractivity contribution in [2.24, 2.45) is 0 Å². The highest BCUT2D eigenvalue weighted by atomic mass is 17.2. The molecule has 188 valence electrons. The molecule has 0 spiro atoms. The molecule has 0 aliphatic heterocycles. The number of hydrogen-bond acceptors (Lipinski definition) is 5. The predicted octanol–water partition coefficient (Wildman–Crippen LogP) is 7.61. The largest absolute Gasteiger partial charge is 0.381 e. The highest BCUT2D eigenvalue weighted by Gasteiger charge is 2.09. The fourth-order valence-electron chi connectivity index (χ4n) is 3.47. The van der Waals surface area contributed by atoms with E-state index in [2.05, 4.69) is 18.7 Å². The molecule has 0 saturated carbocycles. The van der Waals surface area contributed by atoms with Gasteiger partial charge in [0, 0.05) is 26.4 Å². The van der Waals surface area contributed by atoms with Gasteiger partial charge in [0.1, 0.15) is 0 Å². The zero-order chi connectivity index (χ0) is 22.7. The minimum atomic E-state index is -0.0112. The molecule has 0 unspecified atom stereocenters. The van der Waals surface area contributed by atoms with Gasteiger partial charge in [0.2, 0.25) is 0 Å². The van der Waals surface area contributed by atoms with Crippen LogP contribution in [0.4, 0.5) is 0 Å². The van der Waals surface area contributed by atoms with E-state index in [-0.39, 0.29) is 6.29 Å². The van der Waals surface area contributed by atoms with Crippen molar-refractivity contribution in [1.82, 2.24) is 0 Å². The Bertz CT molecular complexity index is 298. The third-order valence-corrected chi connectivity index (χ3v) is 5.47. The Hall–Kier alpha value is -0.200. The summed E-state index contributed by atoms with van der Waals surface area (Å²) in [5.41, 5.74) is 0. The summed E-state index contributed by atoms with van der Waals surface area (Å²) in [5.74, 6) is 0. The first-order valence-corrected chi connectivity index (χ1v) is 13.3.